The number of rotatable bonds is 4. The average Bonchev–Trinajstić information content (AvgIpc) is 3.21. The van der Waals surface area contributed by atoms with Crippen molar-refractivity contribution in [2.45, 2.75) is 0 Å². The maximum Gasteiger partial charge on any atom is 0.273 e. The molecule has 0 aliphatic heterocycles. The van der Waals surface area contributed by atoms with Crippen LogP contribution in [0.5, 0.6) is 5.75 Å². The summed E-state index contributed by atoms with van der Waals surface area (Å²) in [7, 11) is 1.62. The largest absolute Gasteiger partial charge is 0.497 e. The highest BCUT2D eigenvalue weighted by Crippen LogP contribution is 2.27. The van der Waals surface area contributed by atoms with E-state index in [0.717, 1.165) is 22.0 Å². The van der Waals surface area contributed by atoms with Crippen LogP contribution in [0.1, 0.15) is 10.5 Å². The van der Waals surface area contributed by atoms with E-state index in [0.29, 0.717) is 21.4 Å². The number of thiazole rings is 1. The Hall–Kier alpha value is -2.54. The van der Waals surface area contributed by atoms with Gasteiger partial charge in [-0.3, -0.25) is 9.20 Å². The van der Waals surface area contributed by atoms with Gasteiger partial charge in [0.15, 0.2) is 4.96 Å². The van der Waals surface area contributed by atoms with Crippen molar-refractivity contribution in [2.24, 2.45) is 0 Å². The number of carbonyl (C=O) groups excluding carboxylic acids is 1. The number of aromatic nitrogens is 2. The first kappa shape index (κ1) is 17.9. The van der Waals surface area contributed by atoms with Crippen molar-refractivity contribution in [3.63, 3.8) is 0 Å². The zero-order valence-electron chi connectivity index (χ0n) is 14.1. The zero-order chi connectivity index (χ0) is 19.0. The minimum atomic E-state index is -0.265. The van der Waals surface area contributed by atoms with Crippen molar-refractivity contribution in [1.29, 1.82) is 0 Å². The van der Waals surface area contributed by atoms with E-state index in [1.54, 1.807) is 35.1 Å². The molecule has 4 aromatic rings. The summed E-state index contributed by atoms with van der Waals surface area (Å²) in [4.78, 5) is 18.0. The van der Waals surface area contributed by atoms with Crippen LogP contribution in [-0.4, -0.2) is 22.4 Å². The van der Waals surface area contributed by atoms with Crippen LogP contribution in [0.25, 0.3) is 16.2 Å². The lowest BCUT2D eigenvalue weighted by Crippen LogP contribution is -2.13. The maximum atomic E-state index is 12.7. The van der Waals surface area contributed by atoms with Gasteiger partial charge < -0.3 is 10.1 Å². The number of ether oxygens (including phenoxy) is 1. The molecule has 27 heavy (non-hydrogen) atoms. The van der Waals surface area contributed by atoms with Crippen LogP contribution in [0.4, 0.5) is 5.69 Å². The van der Waals surface area contributed by atoms with E-state index >= 15 is 0 Å². The molecular formula is C19H13Cl2N3O2S. The van der Waals surface area contributed by atoms with E-state index in [1.807, 2.05) is 30.5 Å². The predicted octanol–water partition coefficient (Wildman–Crippen LogP) is 5.63. The number of anilines is 1. The Labute approximate surface area is 169 Å². The molecular weight excluding hydrogens is 405 g/mol. The van der Waals surface area contributed by atoms with E-state index < -0.39 is 0 Å². The molecule has 8 heteroatoms. The molecule has 2 heterocycles. The molecule has 0 unspecified atom stereocenters. The molecule has 136 valence electrons. The lowest BCUT2D eigenvalue weighted by atomic mass is 10.2. The van der Waals surface area contributed by atoms with Crippen LogP contribution in [0.3, 0.4) is 0 Å². The van der Waals surface area contributed by atoms with E-state index in [2.05, 4.69) is 10.3 Å². The van der Waals surface area contributed by atoms with Gasteiger partial charge in [-0.1, -0.05) is 23.2 Å². The zero-order valence-corrected chi connectivity index (χ0v) is 16.4. The average molecular weight is 418 g/mol. The summed E-state index contributed by atoms with van der Waals surface area (Å²) in [6.45, 7) is 0. The van der Waals surface area contributed by atoms with Crippen LogP contribution in [0.2, 0.25) is 10.0 Å². The summed E-state index contributed by atoms with van der Waals surface area (Å²) in [5.41, 5.74) is 2.75. The molecule has 0 saturated heterocycles. The Balaban J connectivity index is 1.64. The van der Waals surface area contributed by atoms with Gasteiger partial charge >= 0.3 is 0 Å². The van der Waals surface area contributed by atoms with E-state index in [-0.39, 0.29) is 5.91 Å². The number of methoxy groups -OCH3 is 1. The highest BCUT2D eigenvalue weighted by Gasteiger charge is 2.16. The normalized spacial score (nSPS) is 10.9. The van der Waals surface area contributed by atoms with Gasteiger partial charge in [-0.25, -0.2) is 4.98 Å². The van der Waals surface area contributed by atoms with Gasteiger partial charge in [-0.05, 0) is 42.5 Å². The number of carbonyl (C=O) groups is 1. The highest BCUT2D eigenvalue weighted by molar-refractivity contribution is 7.15. The van der Waals surface area contributed by atoms with Crippen LogP contribution in [0, 0.1) is 0 Å². The summed E-state index contributed by atoms with van der Waals surface area (Å²) in [5, 5.41) is 5.49. The van der Waals surface area contributed by atoms with E-state index in [1.165, 1.54) is 11.3 Å². The molecule has 1 N–H and O–H groups in total. The van der Waals surface area contributed by atoms with Gasteiger partial charge in [0.2, 0.25) is 0 Å². The molecule has 4 rings (SSSR count). The van der Waals surface area contributed by atoms with Gasteiger partial charge in [0, 0.05) is 32.9 Å². The predicted molar refractivity (Wildman–Crippen MR) is 109 cm³/mol. The Morgan fingerprint density at radius 3 is 2.52 bits per heavy atom. The molecule has 0 bridgehead atoms. The summed E-state index contributed by atoms with van der Waals surface area (Å²) < 4.78 is 6.95. The number of amides is 1. The monoisotopic (exact) mass is 417 g/mol. The fourth-order valence-electron chi connectivity index (χ4n) is 2.67. The third-order valence-electron chi connectivity index (χ3n) is 3.95. The number of nitrogens with zero attached hydrogens (tertiary/aromatic N) is 2. The molecule has 5 nitrogen and oxygen atoms in total. The molecule has 0 aliphatic rings. The molecule has 1 amide bonds. The molecule has 0 spiro atoms. The molecule has 0 radical (unpaired) electrons. The Bertz CT molecular complexity index is 1120. The lowest BCUT2D eigenvalue weighted by Gasteiger charge is -2.05. The number of nitrogens with one attached hydrogen (secondary N) is 1. The first-order valence-corrected chi connectivity index (χ1v) is 9.55. The SMILES string of the molecule is COc1ccc(-c2cn3c(C(=O)Nc4cc(Cl)cc(Cl)c4)csc3n2)cc1. The van der Waals surface area contributed by atoms with Crippen LogP contribution in [-0.2, 0) is 0 Å². The van der Waals surface area contributed by atoms with Gasteiger partial charge in [0.1, 0.15) is 11.4 Å². The molecule has 0 aliphatic carbocycles. The third kappa shape index (κ3) is 3.64. The summed E-state index contributed by atoms with van der Waals surface area (Å²) in [6, 6.07) is 12.5. The number of halogens is 2. The maximum absolute atomic E-state index is 12.7. The number of fused-ring (bicyclic) bond motifs is 1. The molecule has 0 saturated carbocycles. The standard InChI is InChI=1S/C19H13Cl2N3O2S/c1-26-15-4-2-11(3-5-15)16-9-24-17(10-27-19(24)23-16)18(25)22-14-7-12(20)6-13(21)8-14/h2-10H,1H3,(H,22,25). The number of benzene rings is 2. The van der Waals surface area contributed by atoms with Crippen LogP contribution < -0.4 is 10.1 Å². The molecule has 2 aromatic carbocycles. The minimum Gasteiger partial charge on any atom is -0.497 e. The van der Waals surface area contributed by atoms with Crippen LogP contribution >= 0.6 is 34.5 Å². The van der Waals surface area contributed by atoms with Gasteiger partial charge in [-0.15, -0.1) is 11.3 Å². The Morgan fingerprint density at radius 1 is 1.15 bits per heavy atom. The second kappa shape index (κ2) is 7.23. The molecule has 0 fully saturated rings. The topological polar surface area (TPSA) is 55.6 Å². The van der Waals surface area contributed by atoms with Crippen molar-refractivity contribution in [3.05, 3.63) is 69.8 Å². The van der Waals surface area contributed by atoms with Crippen molar-refractivity contribution in [2.75, 3.05) is 12.4 Å². The fraction of sp³-hybridized carbons (Fsp3) is 0.0526. The van der Waals surface area contributed by atoms with E-state index in [9.17, 15) is 4.79 Å². The smallest absolute Gasteiger partial charge is 0.273 e. The number of hydrogen-bond acceptors (Lipinski definition) is 4. The van der Waals surface area contributed by atoms with Crippen molar-refractivity contribution < 1.29 is 9.53 Å². The van der Waals surface area contributed by atoms with Crippen LogP contribution in [0.15, 0.2) is 54.0 Å². The Kier molecular flexibility index (Phi) is 4.78. The van der Waals surface area contributed by atoms with Crippen molar-refractivity contribution in [3.8, 4) is 17.0 Å². The van der Waals surface area contributed by atoms with Gasteiger partial charge in [-0.2, -0.15) is 0 Å². The highest BCUT2D eigenvalue weighted by atomic mass is 35.5. The summed E-state index contributed by atoms with van der Waals surface area (Å²) in [5.74, 6) is 0.512. The van der Waals surface area contributed by atoms with Crippen molar-refractivity contribution >= 4 is 51.1 Å². The first-order chi connectivity index (χ1) is 13.0. The van der Waals surface area contributed by atoms with Gasteiger partial charge in [0.25, 0.3) is 5.91 Å². The second-order valence-corrected chi connectivity index (χ2v) is 7.45. The molecule has 0 atom stereocenters. The summed E-state index contributed by atoms with van der Waals surface area (Å²) in [6.07, 6.45) is 1.84. The number of imidazole rings is 1. The van der Waals surface area contributed by atoms with E-state index in [4.69, 9.17) is 27.9 Å². The fourth-order valence-corrected chi connectivity index (χ4v) is 4.05. The first-order valence-electron chi connectivity index (χ1n) is 7.92. The molecule has 2 aromatic heterocycles. The summed E-state index contributed by atoms with van der Waals surface area (Å²) >= 11 is 13.4. The number of hydrogen-bond donors (Lipinski definition) is 1. The van der Waals surface area contributed by atoms with Crippen molar-refractivity contribution in [1.82, 2.24) is 9.38 Å². The lowest BCUT2D eigenvalue weighted by molar-refractivity contribution is 0.102. The third-order valence-corrected chi connectivity index (χ3v) is 5.22. The second-order valence-electron chi connectivity index (χ2n) is 5.74. The Morgan fingerprint density at radius 2 is 1.85 bits per heavy atom. The quantitative estimate of drug-likeness (QED) is 0.467. The minimum absolute atomic E-state index is 0.265. The van der Waals surface area contributed by atoms with Gasteiger partial charge in [0.05, 0.1) is 12.8 Å².